The summed E-state index contributed by atoms with van der Waals surface area (Å²) in [6.07, 6.45) is 1.01. The summed E-state index contributed by atoms with van der Waals surface area (Å²) in [5.41, 5.74) is 8.26. The van der Waals surface area contributed by atoms with Crippen molar-refractivity contribution in [1.29, 1.82) is 0 Å². The van der Waals surface area contributed by atoms with Crippen molar-refractivity contribution in [2.45, 2.75) is 40.3 Å². The zero-order valence-electron chi connectivity index (χ0n) is 17.7. The van der Waals surface area contributed by atoms with Crippen LogP contribution >= 0.6 is 0 Å². The summed E-state index contributed by atoms with van der Waals surface area (Å²) < 4.78 is 12.1. The average molecular weight is 392 g/mol. The Morgan fingerprint density at radius 3 is 2.76 bits per heavy atom. The van der Waals surface area contributed by atoms with Crippen molar-refractivity contribution in [1.82, 2.24) is 15.1 Å². The number of fused-ring (bicyclic) bond motifs is 1. The molecule has 1 N–H and O–H groups in total. The van der Waals surface area contributed by atoms with Gasteiger partial charge in [-0.25, -0.2) is 0 Å². The van der Waals surface area contributed by atoms with Crippen molar-refractivity contribution in [2.75, 3.05) is 20.2 Å². The van der Waals surface area contributed by atoms with E-state index in [4.69, 9.17) is 9.47 Å². The molecule has 1 aliphatic heterocycles. The second kappa shape index (κ2) is 8.29. The number of aromatic amines is 1. The summed E-state index contributed by atoms with van der Waals surface area (Å²) in [6, 6.07) is 12.6. The minimum absolute atomic E-state index is 0.523. The third-order valence-electron chi connectivity index (χ3n) is 5.53. The summed E-state index contributed by atoms with van der Waals surface area (Å²) in [4.78, 5) is 2.33. The van der Waals surface area contributed by atoms with Crippen LogP contribution in [0.15, 0.2) is 36.4 Å². The van der Waals surface area contributed by atoms with E-state index in [0.29, 0.717) is 13.2 Å². The number of nitrogens with one attached hydrogen (secondary N) is 1. The molecule has 1 aromatic heterocycles. The molecule has 0 saturated carbocycles. The first kappa shape index (κ1) is 19.5. The van der Waals surface area contributed by atoms with Gasteiger partial charge in [0.15, 0.2) is 11.5 Å². The molecule has 0 atom stereocenters. The highest BCUT2D eigenvalue weighted by molar-refractivity contribution is 5.68. The molecule has 5 nitrogen and oxygen atoms in total. The maximum Gasteiger partial charge on any atom is 0.161 e. The number of H-pyrrole nitrogens is 1. The fourth-order valence-electron chi connectivity index (χ4n) is 3.82. The maximum atomic E-state index is 6.15. The fourth-order valence-corrected chi connectivity index (χ4v) is 3.82. The van der Waals surface area contributed by atoms with Gasteiger partial charge in [0.1, 0.15) is 6.61 Å². The van der Waals surface area contributed by atoms with E-state index in [1.165, 1.54) is 27.9 Å². The van der Waals surface area contributed by atoms with E-state index >= 15 is 0 Å². The second-order valence-corrected chi connectivity index (χ2v) is 7.83. The van der Waals surface area contributed by atoms with Gasteiger partial charge in [-0.3, -0.25) is 5.10 Å². The topological polar surface area (TPSA) is 50.4 Å². The Bertz CT molecular complexity index is 1010. The second-order valence-electron chi connectivity index (χ2n) is 7.83. The number of rotatable bonds is 6. The molecule has 0 amide bonds. The molecule has 2 aromatic carbocycles. The molecular weight excluding hydrogens is 362 g/mol. The predicted molar refractivity (Wildman–Crippen MR) is 115 cm³/mol. The summed E-state index contributed by atoms with van der Waals surface area (Å²) in [5.74, 6) is 1.52. The quantitative estimate of drug-likeness (QED) is 0.664. The maximum absolute atomic E-state index is 6.15. The van der Waals surface area contributed by atoms with Crippen LogP contribution in [-0.2, 0) is 19.6 Å². The van der Waals surface area contributed by atoms with E-state index < -0.39 is 0 Å². The molecule has 152 valence electrons. The average Bonchev–Trinajstić information content (AvgIpc) is 3.12. The van der Waals surface area contributed by atoms with Crippen molar-refractivity contribution in [3.63, 3.8) is 0 Å². The molecule has 4 rings (SSSR count). The highest BCUT2D eigenvalue weighted by Crippen LogP contribution is 2.35. The largest absolute Gasteiger partial charge is 0.490 e. The van der Waals surface area contributed by atoms with E-state index in [-0.39, 0.29) is 0 Å². The Morgan fingerprint density at radius 2 is 1.93 bits per heavy atom. The lowest BCUT2D eigenvalue weighted by Gasteiger charge is -2.22. The number of ether oxygens (including phenoxy) is 2. The van der Waals surface area contributed by atoms with Gasteiger partial charge in [-0.1, -0.05) is 23.8 Å². The first-order valence-corrected chi connectivity index (χ1v) is 10.3. The van der Waals surface area contributed by atoms with Crippen LogP contribution in [0.5, 0.6) is 11.5 Å². The number of aryl methyl sites for hydroxylation is 2. The number of hydrogen-bond acceptors (Lipinski definition) is 4. The molecule has 0 aliphatic carbocycles. The number of aromatic nitrogens is 2. The first-order valence-electron chi connectivity index (χ1n) is 10.3. The zero-order valence-corrected chi connectivity index (χ0v) is 17.7. The van der Waals surface area contributed by atoms with Crippen LogP contribution in [0.25, 0.3) is 11.3 Å². The van der Waals surface area contributed by atoms with Gasteiger partial charge >= 0.3 is 0 Å². The van der Waals surface area contributed by atoms with E-state index in [1.54, 1.807) is 0 Å². The molecule has 0 bridgehead atoms. The summed E-state index contributed by atoms with van der Waals surface area (Å²) in [5, 5.41) is 7.82. The lowest BCUT2D eigenvalue weighted by Crippen LogP contribution is -2.26. The van der Waals surface area contributed by atoms with Gasteiger partial charge in [-0.05, 0) is 57.1 Å². The molecule has 0 radical (unpaired) electrons. The highest BCUT2D eigenvalue weighted by atomic mass is 16.5. The Labute approximate surface area is 172 Å². The molecule has 0 spiro atoms. The van der Waals surface area contributed by atoms with Crippen molar-refractivity contribution in [2.24, 2.45) is 0 Å². The van der Waals surface area contributed by atoms with Crippen molar-refractivity contribution in [3.8, 4) is 22.8 Å². The van der Waals surface area contributed by atoms with Gasteiger partial charge in [0.2, 0.25) is 0 Å². The minimum Gasteiger partial charge on any atom is -0.490 e. The zero-order chi connectivity index (χ0) is 20.4. The van der Waals surface area contributed by atoms with E-state index in [9.17, 15) is 0 Å². The smallest absolute Gasteiger partial charge is 0.161 e. The summed E-state index contributed by atoms with van der Waals surface area (Å²) in [7, 11) is 2.15. The molecule has 2 heterocycles. The molecule has 5 heteroatoms. The number of benzene rings is 2. The van der Waals surface area contributed by atoms with Crippen molar-refractivity contribution in [3.05, 3.63) is 64.3 Å². The van der Waals surface area contributed by atoms with Crippen LogP contribution in [0.1, 0.15) is 34.9 Å². The van der Waals surface area contributed by atoms with Crippen LogP contribution in [-0.4, -0.2) is 35.3 Å². The number of hydrogen-bond donors (Lipinski definition) is 1. The van der Waals surface area contributed by atoms with Gasteiger partial charge in [0.25, 0.3) is 0 Å². The van der Waals surface area contributed by atoms with Crippen molar-refractivity contribution < 1.29 is 9.47 Å². The predicted octanol–water partition coefficient (Wildman–Crippen LogP) is 4.66. The standard InChI is InChI=1S/C24H29N3O2/c1-5-28-23-13-18(24-20-14-27(4)11-10-21(20)25-26-24)8-9-22(23)29-15-19-12-16(2)6-7-17(19)3/h6-9,12-13H,5,10-11,14-15H2,1-4H3,(H,25,26). The molecular formula is C24H29N3O2. The normalized spacial score (nSPS) is 13.9. The van der Waals surface area contributed by atoms with Crippen LogP contribution in [0.2, 0.25) is 0 Å². The SMILES string of the molecule is CCOc1cc(-c2n[nH]c3c2CN(C)CC3)ccc1OCc1cc(C)ccc1C. The van der Waals surface area contributed by atoms with Gasteiger partial charge in [-0.15, -0.1) is 0 Å². The third kappa shape index (κ3) is 4.15. The summed E-state index contributed by atoms with van der Waals surface area (Å²) >= 11 is 0. The molecule has 29 heavy (non-hydrogen) atoms. The molecule has 1 aliphatic rings. The third-order valence-corrected chi connectivity index (χ3v) is 5.53. The van der Waals surface area contributed by atoms with E-state index in [0.717, 1.165) is 42.3 Å². The van der Waals surface area contributed by atoms with E-state index in [2.05, 4.69) is 60.3 Å². The molecule has 0 fully saturated rings. The lowest BCUT2D eigenvalue weighted by atomic mass is 10.0. The Balaban J connectivity index is 1.60. The Hall–Kier alpha value is -2.79. The van der Waals surface area contributed by atoms with Crippen LogP contribution in [0, 0.1) is 13.8 Å². The number of likely N-dealkylation sites (N-methyl/N-ethyl adjacent to an activating group) is 1. The summed E-state index contributed by atoms with van der Waals surface area (Å²) in [6.45, 7) is 9.29. The molecule has 3 aromatic rings. The van der Waals surface area contributed by atoms with Crippen LogP contribution in [0.4, 0.5) is 0 Å². The van der Waals surface area contributed by atoms with Crippen LogP contribution in [0.3, 0.4) is 0 Å². The monoisotopic (exact) mass is 391 g/mol. The Kier molecular flexibility index (Phi) is 5.58. The molecule has 0 saturated heterocycles. The Morgan fingerprint density at radius 1 is 1.07 bits per heavy atom. The fraction of sp³-hybridized carbons (Fsp3) is 0.375. The van der Waals surface area contributed by atoms with Gasteiger partial charge < -0.3 is 14.4 Å². The van der Waals surface area contributed by atoms with Gasteiger partial charge in [-0.2, -0.15) is 5.10 Å². The van der Waals surface area contributed by atoms with E-state index in [1.807, 2.05) is 19.1 Å². The van der Waals surface area contributed by atoms with Gasteiger partial charge in [0, 0.05) is 36.3 Å². The van der Waals surface area contributed by atoms with Crippen molar-refractivity contribution >= 4 is 0 Å². The van der Waals surface area contributed by atoms with Crippen LogP contribution < -0.4 is 9.47 Å². The first-order chi connectivity index (χ1) is 14.0. The minimum atomic E-state index is 0.523. The molecule has 0 unspecified atom stereocenters. The lowest BCUT2D eigenvalue weighted by molar-refractivity contribution is 0.269. The van der Waals surface area contributed by atoms with Gasteiger partial charge in [0.05, 0.1) is 12.3 Å². The number of nitrogens with zero attached hydrogens (tertiary/aromatic N) is 2. The highest BCUT2D eigenvalue weighted by Gasteiger charge is 2.21.